The Balaban J connectivity index is 1.26. The van der Waals surface area contributed by atoms with Crippen molar-refractivity contribution in [2.24, 2.45) is 0 Å². The molecule has 1 amide bonds. The van der Waals surface area contributed by atoms with E-state index < -0.39 is 0 Å². The van der Waals surface area contributed by atoms with Gasteiger partial charge >= 0.3 is 0 Å². The summed E-state index contributed by atoms with van der Waals surface area (Å²) in [4.78, 5) is 25.7. The maximum absolute atomic E-state index is 13.0. The van der Waals surface area contributed by atoms with E-state index >= 15 is 0 Å². The first kappa shape index (κ1) is 22.7. The molecule has 35 heavy (non-hydrogen) atoms. The van der Waals surface area contributed by atoms with Crippen molar-refractivity contribution in [1.29, 1.82) is 0 Å². The number of carbonyl (C=O) groups excluding carboxylic acids is 1. The van der Waals surface area contributed by atoms with Crippen molar-refractivity contribution < 1.29 is 4.79 Å². The quantitative estimate of drug-likeness (QED) is 0.390. The number of nitrogens with zero attached hydrogens (tertiary/aromatic N) is 6. The zero-order valence-corrected chi connectivity index (χ0v) is 19.6. The molecule has 1 fully saturated rings. The summed E-state index contributed by atoms with van der Waals surface area (Å²) in [6.45, 7) is 4.66. The molecule has 0 bridgehead atoms. The molecule has 176 valence electrons. The van der Waals surface area contributed by atoms with Crippen LogP contribution in [0, 0.1) is 0 Å². The maximum atomic E-state index is 13.0. The SMILES string of the molecule is O=C(/C=C/c1cn(Cc2ccccc2)nc1-c1cccnc1)N1CCN(Cc2cccnc2)CC1. The largest absolute Gasteiger partial charge is 0.337 e. The first-order valence-corrected chi connectivity index (χ1v) is 11.8. The molecular formula is C28H28N6O. The molecule has 4 heterocycles. The summed E-state index contributed by atoms with van der Waals surface area (Å²) in [5, 5.41) is 4.80. The van der Waals surface area contributed by atoms with Crippen LogP contribution in [0.3, 0.4) is 0 Å². The molecule has 7 nitrogen and oxygen atoms in total. The molecule has 0 spiro atoms. The van der Waals surface area contributed by atoms with Gasteiger partial charge in [-0.3, -0.25) is 24.3 Å². The van der Waals surface area contributed by atoms with Gasteiger partial charge in [0.25, 0.3) is 0 Å². The van der Waals surface area contributed by atoms with Gasteiger partial charge in [0.05, 0.1) is 6.54 Å². The third-order valence-electron chi connectivity index (χ3n) is 6.13. The highest BCUT2D eigenvalue weighted by molar-refractivity contribution is 5.92. The van der Waals surface area contributed by atoms with Crippen LogP contribution >= 0.6 is 0 Å². The molecule has 1 aliphatic rings. The Kier molecular flexibility index (Phi) is 7.05. The number of piperazine rings is 1. The Morgan fingerprint density at radius 1 is 0.829 bits per heavy atom. The van der Waals surface area contributed by atoms with E-state index in [1.807, 2.05) is 64.4 Å². The van der Waals surface area contributed by atoms with Gasteiger partial charge in [-0.2, -0.15) is 5.10 Å². The van der Waals surface area contributed by atoms with Gasteiger partial charge in [-0.15, -0.1) is 0 Å². The minimum absolute atomic E-state index is 0.0268. The third kappa shape index (κ3) is 5.88. The summed E-state index contributed by atoms with van der Waals surface area (Å²) >= 11 is 0. The molecule has 1 aliphatic heterocycles. The van der Waals surface area contributed by atoms with Crippen LogP contribution in [0.4, 0.5) is 0 Å². The van der Waals surface area contributed by atoms with Gasteiger partial charge in [0.2, 0.25) is 5.91 Å². The molecule has 0 atom stereocenters. The number of amides is 1. The van der Waals surface area contributed by atoms with Gasteiger partial charge in [-0.1, -0.05) is 36.4 Å². The van der Waals surface area contributed by atoms with Crippen LogP contribution in [-0.4, -0.2) is 61.6 Å². The molecule has 1 aromatic carbocycles. The van der Waals surface area contributed by atoms with Gasteiger partial charge in [0.15, 0.2) is 0 Å². The highest BCUT2D eigenvalue weighted by Crippen LogP contribution is 2.23. The number of pyridine rings is 2. The van der Waals surface area contributed by atoms with Crippen LogP contribution in [-0.2, 0) is 17.9 Å². The number of rotatable bonds is 7. The normalized spacial score (nSPS) is 14.5. The maximum Gasteiger partial charge on any atom is 0.246 e. The van der Waals surface area contributed by atoms with E-state index in [9.17, 15) is 4.79 Å². The Morgan fingerprint density at radius 2 is 1.57 bits per heavy atom. The van der Waals surface area contributed by atoms with Gasteiger partial charge in [-0.25, -0.2) is 0 Å². The van der Waals surface area contributed by atoms with Crippen molar-refractivity contribution in [3.8, 4) is 11.3 Å². The van der Waals surface area contributed by atoms with E-state index in [4.69, 9.17) is 5.10 Å². The highest BCUT2D eigenvalue weighted by atomic mass is 16.2. The number of hydrogen-bond acceptors (Lipinski definition) is 5. The summed E-state index contributed by atoms with van der Waals surface area (Å²) < 4.78 is 1.92. The molecule has 0 radical (unpaired) electrons. The van der Waals surface area contributed by atoms with Crippen molar-refractivity contribution in [2.45, 2.75) is 13.1 Å². The van der Waals surface area contributed by atoms with E-state index in [2.05, 4.69) is 33.1 Å². The average Bonchev–Trinajstić information content (AvgIpc) is 3.32. The second kappa shape index (κ2) is 10.9. The summed E-state index contributed by atoms with van der Waals surface area (Å²) in [5.74, 6) is 0.0268. The Labute approximate surface area is 205 Å². The minimum Gasteiger partial charge on any atom is -0.337 e. The molecule has 0 unspecified atom stereocenters. The number of benzene rings is 1. The lowest BCUT2D eigenvalue weighted by Gasteiger charge is -2.34. The zero-order chi connectivity index (χ0) is 23.9. The lowest BCUT2D eigenvalue weighted by molar-refractivity contribution is -0.127. The second-order valence-electron chi connectivity index (χ2n) is 8.65. The molecule has 4 aromatic rings. The standard InChI is InChI=1S/C28H28N6O/c35-27(33-16-14-32(15-17-33)20-24-8-4-12-29-18-24)11-10-26-22-34(21-23-6-2-1-3-7-23)31-28(26)25-9-5-13-30-19-25/h1-13,18-19,22H,14-17,20-21H2/b11-10+. The first-order valence-electron chi connectivity index (χ1n) is 11.8. The van der Waals surface area contributed by atoms with E-state index in [-0.39, 0.29) is 5.91 Å². The van der Waals surface area contributed by atoms with Crippen LogP contribution in [0.2, 0.25) is 0 Å². The van der Waals surface area contributed by atoms with Gasteiger partial charge in [0.1, 0.15) is 5.69 Å². The van der Waals surface area contributed by atoms with Gasteiger partial charge in [0, 0.05) is 80.9 Å². The fraction of sp³-hybridized carbons (Fsp3) is 0.214. The smallest absolute Gasteiger partial charge is 0.246 e. The van der Waals surface area contributed by atoms with E-state index in [0.717, 1.165) is 36.5 Å². The summed E-state index contributed by atoms with van der Waals surface area (Å²) in [7, 11) is 0. The highest BCUT2D eigenvalue weighted by Gasteiger charge is 2.20. The van der Waals surface area contributed by atoms with Crippen LogP contribution in [0.15, 0.2) is 91.7 Å². The van der Waals surface area contributed by atoms with Crippen molar-refractivity contribution in [3.05, 3.63) is 108 Å². The minimum atomic E-state index is 0.0268. The Morgan fingerprint density at radius 3 is 2.29 bits per heavy atom. The van der Waals surface area contributed by atoms with Crippen LogP contribution in [0.1, 0.15) is 16.7 Å². The number of aromatic nitrogens is 4. The predicted octanol–water partition coefficient (Wildman–Crippen LogP) is 3.75. The molecule has 0 N–H and O–H groups in total. The Hall–Kier alpha value is -4.10. The summed E-state index contributed by atoms with van der Waals surface area (Å²) in [6, 6.07) is 18.2. The zero-order valence-electron chi connectivity index (χ0n) is 19.6. The lowest BCUT2D eigenvalue weighted by Crippen LogP contribution is -2.47. The fourth-order valence-corrected chi connectivity index (χ4v) is 4.28. The lowest BCUT2D eigenvalue weighted by atomic mass is 10.1. The fourth-order valence-electron chi connectivity index (χ4n) is 4.28. The van der Waals surface area contributed by atoms with Crippen molar-refractivity contribution >= 4 is 12.0 Å². The topological polar surface area (TPSA) is 67.2 Å². The first-order chi connectivity index (χ1) is 17.2. The summed E-state index contributed by atoms with van der Waals surface area (Å²) in [6.07, 6.45) is 12.8. The van der Waals surface area contributed by atoms with Crippen LogP contribution in [0.5, 0.6) is 0 Å². The number of hydrogen-bond donors (Lipinski definition) is 0. The molecule has 0 saturated carbocycles. The Bertz CT molecular complexity index is 1260. The van der Waals surface area contributed by atoms with Gasteiger partial charge < -0.3 is 4.90 Å². The van der Waals surface area contributed by atoms with Crippen LogP contribution in [0.25, 0.3) is 17.3 Å². The van der Waals surface area contributed by atoms with Crippen LogP contribution < -0.4 is 0 Å². The summed E-state index contributed by atoms with van der Waals surface area (Å²) in [5.41, 5.74) is 5.01. The third-order valence-corrected chi connectivity index (χ3v) is 6.13. The molecule has 5 rings (SSSR count). The van der Waals surface area contributed by atoms with Gasteiger partial charge in [-0.05, 0) is 35.4 Å². The molecule has 0 aliphatic carbocycles. The van der Waals surface area contributed by atoms with Crippen molar-refractivity contribution in [1.82, 2.24) is 29.5 Å². The van der Waals surface area contributed by atoms with E-state index in [1.54, 1.807) is 24.7 Å². The number of carbonyl (C=O) groups is 1. The monoisotopic (exact) mass is 464 g/mol. The van der Waals surface area contributed by atoms with E-state index in [1.165, 1.54) is 11.1 Å². The molecule has 3 aromatic heterocycles. The molecule has 1 saturated heterocycles. The molecule has 7 heteroatoms. The molecular weight excluding hydrogens is 436 g/mol. The van der Waals surface area contributed by atoms with E-state index in [0.29, 0.717) is 19.6 Å². The van der Waals surface area contributed by atoms with Crippen molar-refractivity contribution in [3.63, 3.8) is 0 Å². The van der Waals surface area contributed by atoms with Crippen molar-refractivity contribution in [2.75, 3.05) is 26.2 Å². The average molecular weight is 465 g/mol. The second-order valence-corrected chi connectivity index (χ2v) is 8.65. The predicted molar refractivity (Wildman–Crippen MR) is 136 cm³/mol.